The molecule has 3 heterocycles. The van der Waals surface area contributed by atoms with Crippen molar-refractivity contribution in [2.45, 2.75) is 63.2 Å². The van der Waals surface area contributed by atoms with Crippen molar-refractivity contribution in [2.75, 3.05) is 25.5 Å². The lowest BCUT2D eigenvalue weighted by atomic mass is 9.83. The number of hydrogen-bond donors (Lipinski definition) is 2. The van der Waals surface area contributed by atoms with Gasteiger partial charge in [-0.25, -0.2) is 9.18 Å². The fraction of sp³-hybridized carbons (Fsp3) is 0.481. The predicted octanol–water partition coefficient (Wildman–Crippen LogP) is 5.31. The number of amides is 1. The van der Waals surface area contributed by atoms with Gasteiger partial charge in [0.25, 0.3) is 5.56 Å². The van der Waals surface area contributed by atoms with Crippen molar-refractivity contribution in [1.82, 2.24) is 19.7 Å². The number of likely N-dealkylation sites (tertiary alicyclic amines) is 1. The van der Waals surface area contributed by atoms with E-state index < -0.39 is 41.2 Å². The molecule has 3 aromatic rings. The molecule has 1 saturated heterocycles. The van der Waals surface area contributed by atoms with Gasteiger partial charge in [-0.15, -0.1) is 0 Å². The molecular weight excluding hydrogens is 548 g/mol. The summed E-state index contributed by atoms with van der Waals surface area (Å²) in [4.78, 5) is 29.3. The molecule has 3 unspecified atom stereocenters. The number of halogens is 4. The number of pyridine rings is 1. The number of benzene rings is 1. The van der Waals surface area contributed by atoms with Crippen LogP contribution in [0.25, 0.3) is 10.9 Å². The number of carbonyl (C=O) groups is 1. The maximum Gasteiger partial charge on any atom is 0.418 e. The number of alkyl halides is 4. The first-order chi connectivity index (χ1) is 19.2. The quantitative estimate of drug-likeness (QED) is 0.380. The summed E-state index contributed by atoms with van der Waals surface area (Å²) in [5.41, 5.74) is -2.40. The van der Waals surface area contributed by atoms with Gasteiger partial charge in [0.1, 0.15) is 22.7 Å². The van der Waals surface area contributed by atoms with Crippen molar-refractivity contribution in [3.63, 3.8) is 0 Å². The van der Waals surface area contributed by atoms with Gasteiger partial charge in [-0.1, -0.05) is 12.1 Å². The molecular formula is C27H30F4N6O4. The molecule has 0 saturated carbocycles. The minimum absolute atomic E-state index is 0.00847. The topological polar surface area (TPSA) is 125 Å². The molecule has 1 amide bonds. The molecule has 10 nitrogen and oxygen atoms in total. The second-order valence-corrected chi connectivity index (χ2v) is 10.8. The van der Waals surface area contributed by atoms with Crippen LogP contribution in [0.3, 0.4) is 0 Å². The molecule has 3 atom stereocenters. The molecule has 0 spiro atoms. The number of carbonyl (C=O) groups excluding carboxylic acids is 1. The van der Waals surface area contributed by atoms with Crippen LogP contribution in [0.5, 0.6) is 0 Å². The van der Waals surface area contributed by atoms with Crippen LogP contribution in [0.15, 0.2) is 41.3 Å². The zero-order valence-electron chi connectivity index (χ0n) is 22.9. The number of nitrogens with one attached hydrogen (secondary N) is 2. The molecule has 0 radical (unpaired) electrons. The number of nitriles is 1. The number of rotatable bonds is 6. The van der Waals surface area contributed by atoms with E-state index in [4.69, 9.17) is 4.74 Å². The maximum absolute atomic E-state index is 16.1. The van der Waals surface area contributed by atoms with Gasteiger partial charge in [0.15, 0.2) is 11.9 Å². The standard InChI is InChI=1S/C27H30F4N6O4/c1-25(2,3)41-24(39)36-14-11-26(10-12-32,19(28)15-36)37-18-9-13-33-23(38)20(18)22(35-37)34-17-7-5-16(6-8-17)21(40-4)27(29,30)31/h5-9,13,19,21H,10-11,14-15H2,1-4H3,(H,33,38)(H,34,35). The lowest BCUT2D eigenvalue weighted by Gasteiger charge is -2.43. The summed E-state index contributed by atoms with van der Waals surface area (Å²) in [5.74, 6) is 0.0211. The fourth-order valence-corrected chi connectivity index (χ4v) is 4.92. The number of methoxy groups -OCH3 is 1. The Morgan fingerprint density at radius 3 is 2.51 bits per heavy atom. The first kappa shape index (κ1) is 29.9. The summed E-state index contributed by atoms with van der Waals surface area (Å²) in [7, 11) is 0.961. The summed E-state index contributed by atoms with van der Waals surface area (Å²) < 4.78 is 67.1. The van der Waals surface area contributed by atoms with Crippen LogP contribution in [-0.4, -0.2) is 63.9 Å². The Morgan fingerprint density at radius 2 is 1.95 bits per heavy atom. The van der Waals surface area contributed by atoms with Crippen LogP contribution >= 0.6 is 0 Å². The molecule has 4 rings (SSSR count). The summed E-state index contributed by atoms with van der Waals surface area (Å²) in [6, 6.07) is 8.75. The highest BCUT2D eigenvalue weighted by Gasteiger charge is 2.49. The zero-order chi connectivity index (χ0) is 30.2. The lowest BCUT2D eigenvalue weighted by Crippen LogP contribution is -2.56. The Labute approximate surface area is 232 Å². The molecule has 1 fully saturated rings. The Hall–Kier alpha value is -4.12. The number of ether oxygens (including phenoxy) is 2. The van der Waals surface area contributed by atoms with Crippen molar-refractivity contribution in [3.8, 4) is 6.07 Å². The van der Waals surface area contributed by atoms with Gasteiger partial charge in [0, 0.05) is 25.5 Å². The van der Waals surface area contributed by atoms with Crippen molar-refractivity contribution in [2.24, 2.45) is 0 Å². The van der Waals surface area contributed by atoms with Gasteiger partial charge >= 0.3 is 12.3 Å². The van der Waals surface area contributed by atoms with Gasteiger partial charge in [-0.2, -0.15) is 23.5 Å². The van der Waals surface area contributed by atoms with E-state index in [9.17, 15) is 28.0 Å². The lowest BCUT2D eigenvalue weighted by molar-refractivity contribution is -0.215. The van der Waals surface area contributed by atoms with Crippen molar-refractivity contribution < 1.29 is 31.8 Å². The molecule has 14 heteroatoms. The Balaban J connectivity index is 1.71. The van der Waals surface area contributed by atoms with Crippen LogP contribution in [0.4, 0.5) is 33.9 Å². The normalized spacial score (nSPS) is 20.5. The number of H-pyrrole nitrogens is 1. The average Bonchev–Trinajstić information content (AvgIpc) is 3.25. The molecule has 0 bridgehead atoms. The summed E-state index contributed by atoms with van der Waals surface area (Å²) in [6.07, 6.45) is -8.07. The predicted molar refractivity (Wildman–Crippen MR) is 141 cm³/mol. The number of aromatic amines is 1. The number of anilines is 2. The zero-order valence-corrected chi connectivity index (χ0v) is 22.9. The van der Waals surface area contributed by atoms with E-state index in [0.29, 0.717) is 5.69 Å². The van der Waals surface area contributed by atoms with Crippen molar-refractivity contribution >= 4 is 28.5 Å². The van der Waals surface area contributed by atoms with Crippen LogP contribution in [0.1, 0.15) is 45.3 Å². The Kier molecular flexibility index (Phi) is 8.04. The minimum Gasteiger partial charge on any atom is -0.444 e. The van der Waals surface area contributed by atoms with E-state index >= 15 is 4.39 Å². The van der Waals surface area contributed by atoms with Crippen molar-refractivity contribution in [1.29, 1.82) is 5.26 Å². The molecule has 0 aliphatic carbocycles. The largest absolute Gasteiger partial charge is 0.444 e. The van der Waals surface area contributed by atoms with Gasteiger partial charge in [0.2, 0.25) is 0 Å². The fourth-order valence-electron chi connectivity index (χ4n) is 4.92. The highest BCUT2D eigenvalue weighted by molar-refractivity contribution is 5.91. The maximum atomic E-state index is 16.1. The van der Waals surface area contributed by atoms with E-state index in [0.717, 1.165) is 7.11 Å². The van der Waals surface area contributed by atoms with Crippen LogP contribution in [-0.2, 0) is 15.0 Å². The molecule has 1 aliphatic heterocycles. The van der Waals surface area contributed by atoms with Crippen molar-refractivity contribution in [3.05, 3.63) is 52.4 Å². The number of aromatic nitrogens is 3. The van der Waals surface area contributed by atoms with Gasteiger partial charge < -0.3 is 24.7 Å². The average molecular weight is 579 g/mol. The van der Waals surface area contributed by atoms with Crippen LogP contribution in [0, 0.1) is 11.3 Å². The van der Waals surface area contributed by atoms with Crippen LogP contribution < -0.4 is 10.9 Å². The Bertz CT molecular complexity index is 1510. The van der Waals surface area contributed by atoms with E-state index in [2.05, 4.69) is 20.1 Å². The number of nitrogens with zero attached hydrogens (tertiary/aromatic N) is 4. The van der Waals surface area contributed by atoms with E-state index in [1.165, 1.54) is 46.1 Å². The smallest absolute Gasteiger partial charge is 0.418 e. The number of hydrogen-bond acceptors (Lipinski definition) is 7. The third-order valence-electron chi connectivity index (χ3n) is 6.85. The number of piperidine rings is 1. The third kappa shape index (κ3) is 6.00. The Morgan fingerprint density at radius 1 is 1.27 bits per heavy atom. The summed E-state index contributed by atoms with van der Waals surface area (Å²) >= 11 is 0. The summed E-state index contributed by atoms with van der Waals surface area (Å²) in [5, 5.41) is 17.2. The van der Waals surface area contributed by atoms with Gasteiger partial charge in [-0.3, -0.25) is 9.48 Å². The van der Waals surface area contributed by atoms with E-state index in [1.54, 1.807) is 20.8 Å². The SMILES string of the molecule is COC(c1ccc(Nc2nn(C3(CC#N)CCN(C(=O)OC(C)(C)C)CC3F)c3cc[nH]c(=O)c23)cc1)C(F)(F)F. The second-order valence-electron chi connectivity index (χ2n) is 10.8. The number of fused-ring (bicyclic) bond motifs is 1. The monoisotopic (exact) mass is 578 g/mol. The first-order valence-electron chi connectivity index (χ1n) is 12.8. The molecule has 1 aliphatic rings. The highest BCUT2D eigenvalue weighted by Crippen LogP contribution is 2.40. The second kappa shape index (κ2) is 11.0. The van der Waals surface area contributed by atoms with E-state index in [1.807, 2.05) is 6.07 Å². The molecule has 220 valence electrons. The summed E-state index contributed by atoms with van der Waals surface area (Å²) in [6.45, 7) is 4.81. The van der Waals surface area contributed by atoms with E-state index in [-0.39, 0.29) is 48.2 Å². The minimum atomic E-state index is -4.61. The van der Waals surface area contributed by atoms with Gasteiger partial charge in [0.05, 0.1) is 24.6 Å². The first-order valence-corrected chi connectivity index (χ1v) is 12.8. The third-order valence-corrected chi connectivity index (χ3v) is 6.85. The highest BCUT2D eigenvalue weighted by atomic mass is 19.4. The van der Waals surface area contributed by atoms with Crippen LogP contribution in [0.2, 0.25) is 0 Å². The molecule has 2 aromatic heterocycles. The molecule has 2 N–H and O–H groups in total. The molecule has 41 heavy (non-hydrogen) atoms. The molecule has 1 aromatic carbocycles. The van der Waals surface area contributed by atoms with Gasteiger partial charge in [-0.05, 0) is 51.0 Å².